The van der Waals surface area contributed by atoms with Crippen LogP contribution in [0.2, 0.25) is 0 Å². The molecule has 0 heterocycles. The predicted octanol–water partition coefficient (Wildman–Crippen LogP) is 1.99. The molecule has 5 nitrogen and oxygen atoms in total. The molecule has 0 aromatic rings. The first-order valence-corrected chi connectivity index (χ1v) is 8.73. The lowest BCUT2D eigenvalue weighted by Gasteiger charge is -2.32. The Hall–Kier alpha value is -1.18. The number of halogens is 1. The van der Waals surface area contributed by atoms with Crippen LogP contribution in [0, 0.1) is 16.7 Å². The van der Waals surface area contributed by atoms with Gasteiger partial charge in [-0.1, -0.05) is 35.1 Å². The highest BCUT2D eigenvalue weighted by atomic mass is 127. The molecule has 0 aliphatic heterocycles. The van der Waals surface area contributed by atoms with E-state index in [0.717, 1.165) is 19.3 Å². The van der Waals surface area contributed by atoms with E-state index in [0.29, 0.717) is 15.6 Å². The Bertz CT molecular complexity index is 616. The Kier molecular flexibility index (Phi) is 3.70. The topological polar surface area (TPSA) is 69.7 Å². The van der Waals surface area contributed by atoms with Gasteiger partial charge in [0.2, 0.25) is 5.41 Å². The molecule has 1 fully saturated rings. The molecule has 6 heteroatoms. The van der Waals surface area contributed by atoms with E-state index in [4.69, 9.17) is 9.47 Å². The van der Waals surface area contributed by atoms with E-state index in [1.807, 2.05) is 6.08 Å². The third kappa shape index (κ3) is 1.62. The minimum atomic E-state index is -1.58. The maximum absolute atomic E-state index is 12.6. The molecule has 0 aromatic carbocycles. The second kappa shape index (κ2) is 5.18. The zero-order valence-corrected chi connectivity index (χ0v) is 14.6. The summed E-state index contributed by atoms with van der Waals surface area (Å²) >= 11 is 2.13. The van der Waals surface area contributed by atoms with Gasteiger partial charge in [0.1, 0.15) is 0 Å². The van der Waals surface area contributed by atoms with E-state index in [1.54, 1.807) is 0 Å². The highest BCUT2D eigenvalue weighted by Crippen LogP contribution is 2.66. The van der Waals surface area contributed by atoms with Crippen LogP contribution in [0.5, 0.6) is 0 Å². The molecule has 0 unspecified atom stereocenters. The van der Waals surface area contributed by atoms with Crippen molar-refractivity contribution in [1.82, 2.24) is 0 Å². The van der Waals surface area contributed by atoms with Gasteiger partial charge in [-0.3, -0.25) is 14.4 Å². The molecule has 1 spiro atoms. The van der Waals surface area contributed by atoms with Gasteiger partial charge in [0.15, 0.2) is 5.78 Å². The largest absolute Gasteiger partial charge is 0.468 e. The fourth-order valence-electron chi connectivity index (χ4n) is 4.44. The maximum Gasteiger partial charge on any atom is 0.331 e. The van der Waals surface area contributed by atoms with Gasteiger partial charge in [0, 0.05) is 15.8 Å². The van der Waals surface area contributed by atoms with Crippen LogP contribution >= 0.6 is 22.6 Å². The Morgan fingerprint density at radius 2 is 1.95 bits per heavy atom. The molecule has 0 radical (unpaired) electrons. The summed E-state index contributed by atoms with van der Waals surface area (Å²) in [5.74, 6) is -1.47. The van der Waals surface area contributed by atoms with Gasteiger partial charge in [-0.05, 0) is 30.1 Å². The van der Waals surface area contributed by atoms with Gasteiger partial charge in [-0.25, -0.2) is 0 Å². The van der Waals surface area contributed by atoms with Crippen molar-refractivity contribution in [3.05, 3.63) is 23.3 Å². The Morgan fingerprint density at radius 3 is 2.50 bits per heavy atom. The second-order valence-electron chi connectivity index (χ2n) is 5.98. The van der Waals surface area contributed by atoms with E-state index in [-0.39, 0.29) is 11.7 Å². The zero-order chi connectivity index (χ0) is 16.1. The van der Waals surface area contributed by atoms with E-state index >= 15 is 0 Å². The lowest BCUT2D eigenvalue weighted by Crippen LogP contribution is -2.44. The predicted molar refractivity (Wildman–Crippen MR) is 86.3 cm³/mol. The van der Waals surface area contributed by atoms with Gasteiger partial charge < -0.3 is 9.47 Å². The van der Waals surface area contributed by atoms with Crippen molar-refractivity contribution in [2.75, 3.05) is 18.6 Å². The first-order valence-electron chi connectivity index (χ1n) is 7.20. The SMILES string of the molecule is COC(=O)C1(C(=O)OC)C(CI)=C[C@@]23CCC[C@@H]2C(=O)C=C13. The number of hydrogen-bond donors (Lipinski definition) is 0. The van der Waals surface area contributed by atoms with Crippen LogP contribution in [0.4, 0.5) is 0 Å². The molecular formula is C16H17IO5. The van der Waals surface area contributed by atoms with Crippen molar-refractivity contribution < 1.29 is 23.9 Å². The molecule has 2 atom stereocenters. The fourth-order valence-corrected chi connectivity index (χ4v) is 5.23. The molecule has 22 heavy (non-hydrogen) atoms. The molecule has 0 amide bonds. The molecule has 0 saturated heterocycles. The quantitative estimate of drug-likeness (QED) is 0.232. The third-order valence-electron chi connectivity index (χ3n) is 5.28. The van der Waals surface area contributed by atoms with Gasteiger partial charge in [0.05, 0.1) is 14.2 Å². The molecule has 0 bridgehead atoms. The van der Waals surface area contributed by atoms with E-state index in [2.05, 4.69) is 22.6 Å². The molecule has 1 saturated carbocycles. The summed E-state index contributed by atoms with van der Waals surface area (Å²) in [6.07, 6.45) is 5.96. The normalized spacial score (nSPS) is 31.2. The summed E-state index contributed by atoms with van der Waals surface area (Å²) in [6.45, 7) is 0. The molecule has 118 valence electrons. The number of methoxy groups -OCH3 is 2. The summed E-state index contributed by atoms with van der Waals surface area (Å²) < 4.78 is 10.4. The van der Waals surface area contributed by atoms with Crippen LogP contribution in [0.15, 0.2) is 23.3 Å². The summed E-state index contributed by atoms with van der Waals surface area (Å²) in [6, 6.07) is 0. The monoisotopic (exact) mass is 416 g/mol. The standard InChI is InChI=1S/C16H17IO5/c1-21-13(19)16(14(20)22-2)9(8-17)7-15-5-3-4-10(15)11(18)6-12(15)16/h6-7,10H,3-5,8H2,1-2H3/t10-,15+/m1/s1. The highest BCUT2D eigenvalue weighted by molar-refractivity contribution is 14.1. The number of ketones is 1. The Labute approximate surface area is 142 Å². The van der Waals surface area contributed by atoms with Crippen molar-refractivity contribution in [3.63, 3.8) is 0 Å². The number of alkyl halides is 1. The van der Waals surface area contributed by atoms with Crippen LogP contribution in [-0.4, -0.2) is 36.4 Å². The zero-order valence-electron chi connectivity index (χ0n) is 12.5. The third-order valence-corrected chi connectivity index (χ3v) is 6.10. The fraction of sp³-hybridized carbons (Fsp3) is 0.562. The second-order valence-corrected chi connectivity index (χ2v) is 6.74. The minimum absolute atomic E-state index is 0.00781. The van der Waals surface area contributed by atoms with E-state index in [9.17, 15) is 14.4 Å². The van der Waals surface area contributed by atoms with Crippen LogP contribution in [0.25, 0.3) is 0 Å². The average molecular weight is 416 g/mol. The average Bonchev–Trinajstić information content (AvgIpc) is 3.13. The van der Waals surface area contributed by atoms with E-state index < -0.39 is 22.8 Å². The first-order chi connectivity index (χ1) is 10.5. The number of hydrogen-bond acceptors (Lipinski definition) is 5. The van der Waals surface area contributed by atoms with Gasteiger partial charge in [0.25, 0.3) is 0 Å². The summed E-state index contributed by atoms with van der Waals surface area (Å²) in [5, 5.41) is 0. The number of esters is 2. The van der Waals surface area contributed by atoms with Gasteiger partial charge >= 0.3 is 11.9 Å². The lowest BCUT2D eigenvalue weighted by molar-refractivity contribution is -0.163. The van der Waals surface area contributed by atoms with Crippen molar-refractivity contribution in [2.45, 2.75) is 19.3 Å². The number of ether oxygens (including phenoxy) is 2. The van der Waals surface area contributed by atoms with E-state index in [1.165, 1.54) is 20.3 Å². The number of rotatable bonds is 3. The molecule has 3 rings (SSSR count). The smallest absolute Gasteiger partial charge is 0.331 e. The summed E-state index contributed by atoms with van der Waals surface area (Å²) in [4.78, 5) is 37.6. The Balaban J connectivity index is 2.28. The van der Waals surface area contributed by atoms with Crippen LogP contribution < -0.4 is 0 Å². The number of carbonyl (C=O) groups excluding carboxylic acids is 3. The van der Waals surface area contributed by atoms with Crippen molar-refractivity contribution in [2.24, 2.45) is 16.7 Å². The van der Waals surface area contributed by atoms with Crippen LogP contribution in [0.1, 0.15) is 19.3 Å². The van der Waals surface area contributed by atoms with Crippen LogP contribution in [0.3, 0.4) is 0 Å². The summed E-state index contributed by atoms with van der Waals surface area (Å²) in [5.41, 5.74) is -0.838. The molecule has 0 aromatic heterocycles. The van der Waals surface area contributed by atoms with Gasteiger partial charge in [-0.15, -0.1) is 0 Å². The number of carbonyl (C=O) groups is 3. The first kappa shape index (κ1) is 15.7. The minimum Gasteiger partial charge on any atom is -0.468 e. The molecule has 3 aliphatic carbocycles. The summed E-state index contributed by atoms with van der Waals surface area (Å²) in [7, 11) is 2.51. The molecular weight excluding hydrogens is 399 g/mol. The maximum atomic E-state index is 12.6. The van der Waals surface area contributed by atoms with Crippen molar-refractivity contribution in [3.8, 4) is 0 Å². The Morgan fingerprint density at radius 1 is 1.32 bits per heavy atom. The highest BCUT2D eigenvalue weighted by Gasteiger charge is 2.68. The van der Waals surface area contributed by atoms with Crippen molar-refractivity contribution in [1.29, 1.82) is 0 Å². The van der Waals surface area contributed by atoms with Gasteiger partial charge in [-0.2, -0.15) is 0 Å². The number of allylic oxidation sites excluding steroid dienone is 2. The van der Waals surface area contributed by atoms with Crippen molar-refractivity contribution >= 4 is 40.3 Å². The molecule has 0 N–H and O–H groups in total. The molecule has 3 aliphatic rings. The van der Waals surface area contributed by atoms with Crippen LogP contribution in [-0.2, 0) is 23.9 Å². The lowest BCUT2D eigenvalue weighted by atomic mass is 9.70.